The van der Waals surface area contributed by atoms with Crippen LogP contribution in [0.25, 0.3) is 5.69 Å². The predicted octanol–water partition coefficient (Wildman–Crippen LogP) is 5.51. The van der Waals surface area contributed by atoms with Crippen molar-refractivity contribution in [2.24, 2.45) is 0 Å². The Morgan fingerprint density at radius 2 is 1.81 bits per heavy atom. The van der Waals surface area contributed by atoms with Crippen LogP contribution in [0.3, 0.4) is 0 Å². The molecular formula is C24H22Cl2N4O2. The van der Waals surface area contributed by atoms with Crippen LogP contribution >= 0.6 is 23.2 Å². The van der Waals surface area contributed by atoms with Gasteiger partial charge in [0.25, 0.3) is 11.8 Å². The largest absolute Gasteiger partial charge is 0.349 e. The molecule has 2 aliphatic carbocycles. The van der Waals surface area contributed by atoms with Gasteiger partial charge in [-0.2, -0.15) is 5.10 Å². The molecule has 2 aliphatic rings. The van der Waals surface area contributed by atoms with E-state index >= 15 is 0 Å². The highest BCUT2D eigenvalue weighted by molar-refractivity contribution is 6.35. The summed E-state index contributed by atoms with van der Waals surface area (Å²) in [5.74, 6) is -0.125. The number of nitrogens with one attached hydrogen (secondary N) is 2. The first-order valence-electron chi connectivity index (χ1n) is 10.7. The molecule has 32 heavy (non-hydrogen) atoms. The predicted molar refractivity (Wildman–Crippen MR) is 125 cm³/mol. The summed E-state index contributed by atoms with van der Waals surface area (Å²) in [6, 6.07) is 10.8. The van der Waals surface area contributed by atoms with E-state index in [0.717, 1.165) is 36.9 Å². The van der Waals surface area contributed by atoms with E-state index in [1.165, 1.54) is 0 Å². The van der Waals surface area contributed by atoms with Gasteiger partial charge in [-0.1, -0.05) is 29.3 Å². The molecule has 0 atom stereocenters. The Kier molecular flexibility index (Phi) is 5.43. The fraction of sp³-hybridized carbons (Fsp3) is 0.292. The first-order valence-corrected chi connectivity index (χ1v) is 11.4. The van der Waals surface area contributed by atoms with Crippen LogP contribution in [0.1, 0.15) is 63.6 Å². The Morgan fingerprint density at radius 3 is 2.50 bits per heavy atom. The molecule has 2 aromatic carbocycles. The van der Waals surface area contributed by atoms with E-state index < -0.39 is 0 Å². The van der Waals surface area contributed by atoms with Gasteiger partial charge >= 0.3 is 0 Å². The molecule has 8 heteroatoms. The number of aromatic nitrogens is 2. The second-order valence-corrected chi connectivity index (χ2v) is 9.30. The van der Waals surface area contributed by atoms with E-state index in [9.17, 15) is 9.59 Å². The van der Waals surface area contributed by atoms with Crippen molar-refractivity contribution in [1.29, 1.82) is 0 Å². The van der Waals surface area contributed by atoms with Crippen LogP contribution in [0, 0.1) is 6.92 Å². The number of hydrogen-bond acceptors (Lipinski definition) is 3. The number of anilines is 1. The second kappa shape index (κ2) is 8.26. The zero-order valence-electron chi connectivity index (χ0n) is 17.5. The Labute approximate surface area is 195 Å². The van der Waals surface area contributed by atoms with E-state index in [2.05, 4.69) is 15.7 Å². The third kappa shape index (κ3) is 4.25. The second-order valence-electron chi connectivity index (χ2n) is 8.46. The van der Waals surface area contributed by atoms with Gasteiger partial charge in [-0.3, -0.25) is 9.59 Å². The number of carbonyl (C=O) groups is 2. The molecule has 2 saturated carbocycles. The first kappa shape index (κ1) is 21.0. The van der Waals surface area contributed by atoms with E-state index in [0.29, 0.717) is 32.5 Å². The van der Waals surface area contributed by atoms with Gasteiger partial charge in [0.1, 0.15) is 0 Å². The number of hydrogen-bond donors (Lipinski definition) is 2. The molecule has 2 N–H and O–H groups in total. The molecule has 2 fully saturated rings. The summed E-state index contributed by atoms with van der Waals surface area (Å²) in [7, 11) is 0. The average Bonchev–Trinajstić information content (AvgIpc) is 3.69. The van der Waals surface area contributed by atoms with Crippen LogP contribution in [-0.2, 0) is 0 Å². The summed E-state index contributed by atoms with van der Waals surface area (Å²) in [4.78, 5) is 25.7. The van der Waals surface area contributed by atoms with Crippen molar-refractivity contribution in [2.45, 2.75) is 44.6 Å². The lowest BCUT2D eigenvalue weighted by atomic mass is 10.1. The Bertz CT molecular complexity index is 1230. The Morgan fingerprint density at radius 1 is 1.03 bits per heavy atom. The molecule has 2 amide bonds. The lowest BCUT2D eigenvalue weighted by Crippen LogP contribution is -2.25. The SMILES string of the molecule is Cc1ccc(C(=O)NC2CC2)cc1NC(=O)c1cnn(-c2ccc(Cl)cc2Cl)c1C1CC1. The lowest BCUT2D eigenvalue weighted by Gasteiger charge is -2.13. The number of aryl methyl sites for hydroxylation is 1. The highest BCUT2D eigenvalue weighted by Crippen LogP contribution is 2.43. The van der Waals surface area contributed by atoms with Gasteiger partial charge in [0.05, 0.1) is 28.2 Å². The molecule has 6 nitrogen and oxygen atoms in total. The summed E-state index contributed by atoms with van der Waals surface area (Å²) in [5, 5.41) is 11.4. The molecule has 0 spiro atoms. The van der Waals surface area contributed by atoms with Crippen molar-refractivity contribution in [2.75, 3.05) is 5.32 Å². The smallest absolute Gasteiger partial charge is 0.259 e. The van der Waals surface area contributed by atoms with Crippen molar-refractivity contribution in [3.05, 3.63) is 75.0 Å². The minimum atomic E-state index is -0.258. The summed E-state index contributed by atoms with van der Waals surface area (Å²) < 4.78 is 1.73. The molecule has 0 radical (unpaired) electrons. The van der Waals surface area contributed by atoms with Crippen molar-refractivity contribution >= 4 is 40.7 Å². The van der Waals surface area contributed by atoms with Crippen LogP contribution in [0.2, 0.25) is 10.0 Å². The quantitative estimate of drug-likeness (QED) is 0.500. The molecule has 5 rings (SSSR count). The number of halogens is 2. The van der Waals surface area contributed by atoms with E-state index in [-0.39, 0.29) is 23.8 Å². The first-order chi connectivity index (χ1) is 15.4. The van der Waals surface area contributed by atoms with Gasteiger partial charge in [-0.25, -0.2) is 4.68 Å². The minimum Gasteiger partial charge on any atom is -0.349 e. The minimum absolute atomic E-state index is 0.119. The number of rotatable bonds is 6. The molecule has 3 aromatic rings. The summed E-state index contributed by atoms with van der Waals surface area (Å²) in [5.41, 5.74) is 4.05. The van der Waals surface area contributed by atoms with Crippen LogP contribution in [0.15, 0.2) is 42.6 Å². The van der Waals surface area contributed by atoms with Crippen molar-refractivity contribution < 1.29 is 9.59 Å². The van der Waals surface area contributed by atoms with Crippen LogP contribution in [0.5, 0.6) is 0 Å². The van der Waals surface area contributed by atoms with Gasteiger partial charge in [0.15, 0.2) is 0 Å². The van der Waals surface area contributed by atoms with Crippen LogP contribution in [-0.4, -0.2) is 27.6 Å². The molecule has 0 aliphatic heterocycles. The van der Waals surface area contributed by atoms with E-state index in [1.807, 2.05) is 13.0 Å². The third-order valence-corrected chi connectivity index (χ3v) is 6.35. The number of carbonyl (C=O) groups excluding carboxylic acids is 2. The van der Waals surface area contributed by atoms with E-state index in [4.69, 9.17) is 23.2 Å². The van der Waals surface area contributed by atoms with Crippen LogP contribution in [0.4, 0.5) is 5.69 Å². The molecule has 0 unspecified atom stereocenters. The molecular weight excluding hydrogens is 447 g/mol. The van der Waals surface area contributed by atoms with Gasteiger partial charge in [0.2, 0.25) is 0 Å². The molecule has 1 heterocycles. The topological polar surface area (TPSA) is 76.0 Å². The standard InChI is InChI=1S/C24H22Cl2N4O2/c1-13-2-3-15(23(31)28-17-7-8-17)10-20(13)29-24(32)18-12-27-30(22(18)14-4-5-14)21-9-6-16(25)11-19(21)26/h2-3,6,9-12,14,17H,4-5,7-8H2,1H3,(H,28,31)(H,29,32). The summed E-state index contributed by atoms with van der Waals surface area (Å²) >= 11 is 12.4. The molecule has 1 aromatic heterocycles. The maximum atomic E-state index is 13.3. The third-order valence-electron chi connectivity index (χ3n) is 5.81. The fourth-order valence-electron chi connectivity index (χ4n) is 3.71. The monoisotopic (exact) mass is 468 g/mol. The Hall–Kier alpha value is -2.83. The number of benzene rings is 2. The van der Waals surface area contributed by atoms with Gasteiger partial charge in [0, 0.05) is 28.2 Å². The van der Waals surface area contributed by atoms with E-state index in [1.54, 1.807) is 41.2 Å². The van der Waals surface area contributed by atoms with Crippen LogP contribution < -0.4 is 10.6 Å². The Balaban J connectivity index is 1.44. The van der Waals surface area contributed by atoms with Crippen molar-refractivity contribution in [1.82, 2.24) is 15.1 Å². The highest BCUT2D eigenvalue weighted by Gasteiger charge is 2.33. The molecule has 0 bridgehead atoms. The van der Waals surface area contributed by atoms with Gasteiger partial charge in [-0.15, -0.1) is 0 Å². The molecule has 164 valence electrons. The van der Waals surface area contributed by atoms with Crippen molar-refractivity contribution in [3.8, 4) is 5.69 Å². The number of amides is 2. The summed E-state index contributed by atoms with van der Waals surface area (Å²) in [6.07, 6.45) is 5.60. The fourth-order valence-corrected chi connectivity index (χ4v) is 4.20. The maximum absolute atomic E-state index is 13.3. The lowest BCUT2D eigenvalue weighted by molar-refractivity contribution is 0.0949. The normalized spacial score (nSPS) is 15.5. The highest BCUT2D eigenvalue weighted by atomic mass is 35.5. The summed E-state index contributed by atoms with van der Waals surface area (Å²) in [6.45, 7) is 1.90. The van der Waals surface area contributed by atoms with Gasteiger partial charge < -0.3 is 10.6 Å². The molecule has 0 saturated heterocycles. The zero-order chi connectivity index (χ0) is 22.4. The maximum Gasteiger partial charge on any atom is 0.259 e. The zero-order valence-corrected chi connectivity index (χ0v) is 19.0. The average molecular weight is 469 g/mol. The van der Waals surface area contributed by atoms with Crippen molar-refractivity contribution in [3.63, 3.8) is 0 Å². The van der Waals surface area contributed by atoms with Gasteiger partial charge in [-0.05, 0) is 68.5 Å². The number of nitrogens with zero attached hydrogens (tertiary/aromatic N) is 2.